The molecule has 178 valence electrons. The molecule has 0 saturated carbocycles. The molecule has 1 fully saturated rings. The molecule has 4 rings (SSSR count). The van der Waals surface area contributed by atoms with E-state index in [0.717, 1.165) is 18.6 Å². The van der Waals surface area contributed by atoms with Crippen LogP contribution in [0.25, 0.3) is 11.1 Å². The topological polar surface area (TPSA) is 152 Å². The fourth-order valence-corrected chi connectivity index (χ4v) is 5.86. The maximum atomic E-state index is 13.0. The highest BCUT2D eigenvalue weighted by Crippen LogP contribution is 2.28. The second-order valence-electron chi connectivity index (χ2n) is 7.98. The molecule has 2 aromatic carbocycles. The van der Waals surface area contributed by atoms with Crippen molar-refractivity contribution in [3.8, 4) is 11.1 Å². The normalized spacial score (nSPS) is 16.5. The van der Waals surface area contributed by atoms with Crippen LogP contribution in [-0.2, 0) is 19.9 Å². The number of amides is 1. The summed E-state index contributed by atoms with van der Waals surface area (Å²) in [6.07, 6.45) is 3.88. The van der Waals surface area contributed by atoms with Crippen molar-refractivity contribution in [1.82, 2.24) is 19.6 Å². The minimum absolute atomic E-state index is 0.0255. The highest BCUT2D eigenvalue weighted by atomic mass is 32.2. The van der Waals surface area contributed by atoms with Crippen molar-refractivity contribution in [1.29, 1.82) is 0 Å². The number of likely N-dealkylation sites (tertiary alicyclic amines) is 1. The molecule has 10 nitrogen and oxygen atoms in total. The van der Waals surface area contributed by atoms with Crippen LogP contribution < -0.4 is 10.5 Å². The van der Waals surface area contributed by atoms with E-state index in [0.29, 0.717) is 29.7 Å². The quantitative estimate of drug-likeness (QED) is 0.513. The molecule has 0 radical (unpaired) electrons. The van der Waals surface area contributed by atoms with Gasteiger partial charge in [0, 0.05) is 36.5 Å². The number of carbonyl (C=O) groups is 1. The summed E-state index contributed by atoms with van der Waals surface area (Å²) in [6.45, 7) is 0.607. The number of nitrogens with zero attached hydrogens (tertiary/aromatic N) is 3. The number of carbonyl (C=O) groups excluding carboxylic acids is 1. The first-order valence-corrected chi connectivity index (χ1v) is 13.7. The molecular weight excluding hydrogens is 478 g/mol. The number of nitrogens with two attached hydrogens (primary N) is 1. The van der Waals surface area contributed by atoms with E-state index < -0.39 is 25.9 Å². The average molecular weight is 502 g/mol. The second kappa shape index (κ2) is 9.12. The maximum absolute atomic E-state index is 13.0. The van der Waals surface area contributed by atoms with E-state index in [2.05, 4.69) is 14.7 Å². The lowest BCUT2D eigenvalue weighted by Crippen LogP contribution is -2.38. The molecule has 1 aromatic heterocycles. The summed E-state index contributed by atoms with van der Waals surface area (Å²) in [5.74, 6) is -0.261. The molecule has 1 aliphatic heterocycles. The van der Waals surface area contributed by atoms with E-state index in [1.54, 1.807) is 53.4 Å². The number of nitrogen functional groups attached to an aromatic ring is 1. The van der Waals surface area contributed by atoms with Crippen molar-refractivity contribution < 1.29 is 21.6 Å². The van der Waals surface area contributed by atoms with Crippen molar-refractivity contribution in [2.24, 2.45) is 0 Å². The van der Waals surface area contributed by atoms with Crippen LogP contribution in [-0.4, -0.2) is 63.0 Å². The number of hydrogen-bond acceptors (Lipinski definition) is 8. The summed E-state index contributed by atoms with van der Waals surface area (Å²) < 4.78 is 51.8. The molecule has 2 heterocycles. The third kappa shape index (κ3) is 5.08. The third-order valence-corrected chi connectivity index (χ3v) is 8.12. The molecule has 3 N–H and O–H groups in total. The number of benzene rings is 2. The Morgan fingerprint density at radius 3 is 2.32 bits per heavy atom. The Kier molecular flexibility index (Phi) is 6.39. The van der Waals surface area contributed by atoms with Crippen molar-refractivity contribution in [3.63, 3.8) is 0 Å². The first-order chi connectivity index (χ1) is 16.0. The van der Waals surface area contributed by atoms with E-state index in [4.69, 9.17) is 5.73 Å². The Hall–Kier alpha value is -3.35. The highest BCUT2D eigenvalue weighted by Gasteiger charge is 2.30. The van der Waals surface area contributed by atoms with E-state index >= 15 is 0 Å². The maximum Gasteiger partial charge on any atom is 0.253 e. The van der Waals surface area contributed by atoms with E-state index in [-0.39, 0.29) is 28.2 Å². The second-order valence-corrected chi connectivity index (χ2v) is 11.7. The van der Waals surface area contributed by atoms with Crippen LogP contribution in [0.4, 0.5) is 5.95 Å². The highest BCUT2D eigenvalue weighted by molar-refractivity contribution is 7.90. The van der Waals surface area contributed by atoms with Crippen LogP contribution in [0.15, 0.2) is 70.7 Å². The van der Waals surface area contributed by atoms with Crippen LogP contribution >= 0.6 is 0 Å². The van der Waals surface area contributed by atoms with Gasteiger partial charge in [-0.15, -0.1) is 0 Å². The Labute approximate surface area is 197 Å². The molecule has 0 spiro atoms. The van der Waals surface area contributed by atoms with Gasteiger partial charge in [-0.3, -0.25) is 4.79 Å². The summed E-state index contributed by atoms with van der Waals surface area (Å²) in [5.41, 5.74) is 7.07. The molecule has 1 atom stereocenters. The SMILES string of the molecule is CS(=O)(=O)c1ccccc1-c1ccc(C(=O)N2CCC(NS(=O)(=O)c3cnc(N)nc3)C2)cc1. The van der Waals surface area contributed by atoms with Gasteiger partial charge in [-0.1, -0.05) is 30.3 Å². The fourth-order valence-electron chi connectivity index (χ4n) is 3.80. The lowest BCUT2D eigenvalue weighted by Gasteiger charge is -2.17. The summed E-state index contributed by atoms with van der Waals surface area (Å²) in [6, 6.07) is 12.9. The van der Waals surface area contributed by atoms with Gasteiger partial charge in [-0.05, 0) is 30.2 Å². The number of nitrogens with one attached hydrogen (secondary N) is 1. The van der Waals surface area contributed by atoms with Gasteiger partial charge in [0.1, 0.15) is 4.90 Å². The summed E-state index contributed by atoms with van der Waals surface area (Å²) >= 11 is 0. The number of hydrogen-bond donors (Lipinski definition) is 2. The van der Waals surface area contributed by atoms with Crippen LogP contribution in [0.5, 0.6) is 0 Å². The Balaban J connectivity index is 1.45. The predicted molar refractivity (Wildman–Crippen MR) is 126 cm³/mol. The van der Waals surface area contributed by atoms with Gasteiger partial charge >= 0.3 is 0 Å². The van der Waals surface area contributed by atoms with Gasteiger partial charge in [0.25, 0.3) is 5.91 Å². The van der Waals surface area contributed by atoms with E-state index in [9.17, 15) is 21.6 Å². The first-order valence-electron chi connectivity index (χ1n) is 10.3. The van der Waals surface area contributed by atoms with Crippen LogP contribution in [0.1, 0.15) is 16.8 Å². The standard InChI is InChI=1S/C22H23N5O5S2/c1-33(29,30)20-5-3-2-4-19(20)15-6-8-16(9-7-15)21(28)27-11-10-17(14-27)26-34(31,32)18-12-24-22(23)25-13-18/h2-9,12-13,17,26H,10-11,14H2,1H3,(H2,23,24,25). The summed E-state index contributed by atoms with van der Waals surface area (Å²) in [5, 5.41) is 0. The Bertz CT molecular complexity index is 1420. The van der Waals surface area contributed by atoms with Crippen molar-refractivity contribution in [3.05, 3.63) is 66.5 Å². The number of anilines is 1. The summed E-state index contributed by atoms with van der Waals surface area (Å²) in [4.78, 5) is 22.1. The van der Waals surface area contributed by atoms with Crippen molar-refractivity contribution in [2.45, 2.75) is 22.3 Å². The first kappa shape index (κ1) is 23.8. The molecule has 12 heteroatoms. The minimum atomic E-state index is -3.84. The number of rotatable bonds is 6. The Morgan fingerprint density at radius 2 is 1.68 bits per heavy atom. The predicted octanol–water partition coefficient (Wildman–Crippen LogP) is 1.32. The van der Waals surface area contributed by atoms with E-state index in [1.807, 2.05) is 0 Å². The van der Waals surface area contributed by atoms with Gasteiger partial charge in [0.15, 0.2) is 9.84 Å². The molecular formula is C22H23N5O5S2. The van der Waals surface area contributed by atoms with Crippen LogP contribution in [0.2, 0.25) is 0 Å². The summed E-state index contributed by atoms with van der Waals surface area (Å²) in [7, 11) is -7.25. The molecule has 1 aliphatic rings. The smallest absolute Gasteiger partial charge is 0.253 e. The van der Waals surface area contributed by atoms with Gasteiger partial charge < -0.3 is 10.6 Å². The number of sulfone groups is 1. The molecule has 1 amide bonds. The zero-order valence-corrected chi connectivity index (χ0v) is 19.9. The zero-order chi connectivity index (χ0) is 24.5. The largest absolute Gasteiger partial charge is 0.368 e. The third-order valence-electron chi connectivity index (χ3n) is 5.49. The lowest BCUT2D eigenvalue weighted by atomic mass is 10.0. The van der Waals surface area contributed by atoms with Crippen LogP contribution in [0.3, 0.4) is 0 Å². The van der Waals surface area contributed by atoms with Gasteiger partial charge in [-0.25, -0.2) is 31.5 Å². The molecule has 1 saturated heterocycles. The Morgan fingerprint density at radius 1 is 1.03 bits per heavy atom. The number of aromatic nitrogens is 2. The van der Waals surface area contributed by atoms with Gasteiger partial charge in [-0.2, -0.15) is 0 Å². The van der Waals surface area contributed by atoms with Crippen molar-refractivity contribution >= 4 is 31.7 Å². The lowest BCUT2D eigenvalue weighted by molar-refractivity contribution is 0.0790. The van der Waals surface area contributed by atoms with Gasteiger partial charge in [0.2, 0.25) is 16.0 Å². The molecule has 1 unspecified atom stereocenters. The average Bonchev–Trinajstić information content (AvgIpc) is 3.26. The molecule has 0 aliphatic carbocycles. The fraction of sp³-hybridized carbons (Fsp3) is 0.227. The van der Waals surface area contributed by atoms with E-state index in [1.165, 1.54) is 0 Å². The molecule has 0 bridgehead atoms. The van der Waals surface area contributed by atoms with Crippen LogP contribution in [0, 0.1) is 0 Å². The van der Waals surface area contributed by atoms with Gasteiger partial charge in [0.05, 0.1) is 17.3 Å². The monoisotopic (exact) mass is 501 g/mol. The zero-order valence-electron chi connectivity index (χ0n) is 18.2. The van der Waals surface area contributed by atoms with Crippen molar-refractivity contribution in [2.75, 3.05) is 25.1 Å². The molecule has 3 aromatic rings. The minimum Gasteiger partial charge on any atom is -0.368 e. The molecule has 34 heavy (non-hydrogen) atoms. The number of sulfonamides is 1.